The standard InChI is InChI=1S/C21H26Cl2NO3P/c1-3-26-28(25,27-4-2)24-14-16-9-11-18(19-8-6-5-7-17(16)19)15-10-12-20(22)21(23)13-15/h5-8,10,12-13,16,18H,3-4,9,11,14H2,1-2H3,(H,24,25). The number of halogens is 2. The van der Waals surface area contributed by atoms with Crippen molar-refractivity contribution in [2.45, 2.75) is 38.5 Å². The van der Waals surface area contributed by atoms with Crippen molar-refractivity contribution >= 4 is 30.9 Å². The lowest BCUT2D eigenvalue weighted by Crippen LogP contribution is -2.25. The van der Waals surface area contributed by atoms with E-state index in [1.165, 1.54) is 16.7 Å². The number of nitrogens with one attached hydrogen (secondary N) is 1. The van der Waals surface area contributed by atoms with Crippen LogP contribution in [0.4, 0.5) is 0 Å². The maximum atomic E-state index is 12.7. The molecule has 0 spiro atoms. The molecule has 1 aliphatic carbocycles. The second-order valence-corrected chi connectivity index (χ2v) is 9.47. The maximum Gasteiger partial charge on any atom is 0.405 e. The third-order valence-electron chi connectivity index (χ3n) is 5.09. The highest BCUT2D eigenvalue weighted by molar-refractivity contribution is 7.51. The van der Waals surface area contributed by atoms with Gasteiger partial charge >= 0.3 is 7.75 Å². The fourth-order valence-corrected chi connectivity index (χ4v) is 5.54. The number of rotatable bonds is 8. The molecule has 1 aliphatic rings. The Morgan fingerprint density at radius 3 is 2.32 bits per heavy atom. The van der Waals surface area contributed by atoms with Crippen molar-refractivity contribution < 1.29 is 13.6 Å². The molecule has 0 aliphatic heterocycles. The second kappa shape index (κ2) is 9.75. The predicted octanol–water partition coefficient (Wildman–Crippen LogP) is 6.77. The minimum absolute atomic E-state index is 0.240. The van der Waals surface area contributed by atoms with Gasteiger partial charge in [-0.2, -0.15) is 0 Å². The van der Waals surface area contributed by atoms with Gasteiger partial charge in [-0.15, -0.1) is 0 Å². The summed E-state index contributed by atoms with van der Waals surface area (Å²) >= 11 is 12.3. The van der Waals surface area contributed by atoms with Gasteiger partial charge in [-0.05, 0) is 61.4 Å². The van der Waals surface area contributed by atoms with Crippen LogP contribution in [0.15, 0.2) is 42.5 Å². The maximum absolute atomic E-state index is 12.7. The molecule has 0 radical (unpaired) electrons. The van der Waals surface area contributed by atoms with E-state index in [0.717, 1.165) is 12.8 Å². The van der Waals surface area contributed by atoms with Crippen LogP contribution < -0.4 is 5.09 Å². The minimum atomic E-state index is -3.27. The fourth-order valence-electron chi connectivity index (χ4n) is 3.86. The Labute approximate surface area is 177 Å². The number of fused-ring (bicyclic) bond motifs is 1. The second-order valence-electron chi connectivity index (χ2n) is 6.82. The highest BCUT2D eigenvalue weighted by Crippen LogP contribution is 2.47. The largest absolute Gasteiger partial charge is 0.405 e. The van der Waals surface area contributed by atoms with Gasteiger partial charge in [-0.25, -0.2) is 9.65 Å². The Kier molecular flexibility index (Phi) is 7.60. The van der Waals surface area contributed by atoms with Crippen molar-refractivity contribution in [1.29, 1.82) is 0 Å². The molecule has 28 heavy (non-hydrogen) atoms. The van der Waals surface area contributed by atoms with Gasteiger partial charge in [-0.3, -0.25) is 9.05 Å². The number of hydrogen-bond donors (Lipinski definition) is 1. The van der Waals surface area contributed by atoms with Crippen LogP contribution in [0.5, 0.6) is 0 Å². The Hall–Kier alpha value is -0.870. The molecule has 0 amide bonds. The first kappa shape index (κ1) is 21.8. The van der Waals surface area contributed by atoms with E-state index in [4.69, 9.17) is 32.2 Å². The van der Waals surface area contributed by atoms with Crippen LogP contribution in [-0.2, 0) is 13.6 Å². The van der Waals surface area contributed by atoms with Crippen molar-refractivity contribution in [3.63, 3.8) is 0 Å². The SMILES string of the molecule is CCOP(=O)(NCC1CCC(c2ccc(Cl)c(Cl)c2)c2ccccc21)OCC. The quantitative estimate of drug-likeness (QED) is 0.458. The lowest BCUT2D eigenvalue weighted by molar-refractivity contribution is 0.209. The van der Waals surface area contributed by atoms with Gasteiger partial charge in [-0.1, -0.05) is 53.5 Å². The molecule has 0 heterocycles. The van der Waals surface area contributed by atoms with Crippen LogP contribution in [0.3, 0.4) is 0 Å². The van der Waals surface area contributed by atoms with Gasteiger partial charge in [0, 0.05) is 12.5 Å². The zero-order chi connectivity index (χ0) is 20.1. The molecule has 0 fully saturated rings. The van der Waals surface area contributed by atoms with Crippen molar-refractivity contribution in [3.05, 3.63) is 69.2 Å². The zero-order valence-electron chi connectivity index (χ0n) is 16.2. The summed E-state index contributed by atoms with van der Waals surface area (Å²) in [5, 5.41) is 4.20. The van der Waals surface area contributed by atoms with E-state index in [1.54, 1.807) is 0 Å². The first-order valence-electron chi connectivity index (χ1n) is 9.65. The Morgan fingerprint density at radius 1 is 1.00 bits per heavy atom. The first-order chi connectivity index (χ1) is 13.5. The Balaban J connectivity index is 1.82. The topological polar surface area (TPSA) is 47.6 Å². The molecule has 2 aromatic carbocycles. The van der Waals surface area contributed by atoms with Crippen LogP contribution in [0.25, 0.3) is 0 Å². The third-order valence-corrected chi connectivity index (χ3v) is 7.60. The predicted molar refractivity (Wildman–Crippen MR) is 116 cm³/mol. The van der Waals surface area contributed by atoms with E-state index in [1.807, 2.05) is 38.1 Å². The average molecular weight is 442 g/mol. The van der Waals surface area contributed by atoms with Crippen LogP contribution in [0, 0.1) is 0 Å². The number of hydrogen-bond acceptors (Lipinski definition) is 3. The molecule has 1 N–H and O–H groups in total. The molecule has 2 unspecified atom stereocenters. The van der Waals surface area contributed by atoms with E-state index in [0.29, 0.717) is 29.8 Å². The molecule has 2 aromatic rings. The lowest BCUT2D eigenvalue weighted by Gasteiger charge is -2.33. The molecule has 0 saturated carbocycles. The van der Waals surface area contributed by atoms with Crippen LogP contribution in [0.2, 0.25) is 10.0 Å². The summed E-state index contributed by atoms with van der Waals surface area (Å²) in [7, 11) is -3.27. The minimum Gasteiger partial charge on any atom is -0.297 e. The molecule has 7 heteroatoms. The van der Waals surface area contributed by atoms with Crippen molar-refractivity contribution in [2.24, 2.45) is 0 Å². The summed E-state index contributed by atoms with van der Waals surface area (Å²) in [5.74, 6) is 0.511. The van der Waals surface area contributed by atoms with Crippen molar-refractivity contribution in [2.75, 3.05) is 19.8 Å². The summed E-state index contributed by atoms with van der Waals surface area (Å²) in [5.41, 5.74) is 3.71. The van der Waals surface area contributed by atoms with Gasteiger partial charge in [0.2, 0.25) is 0 Å². The van der Waals surface area contributed by atoms with Crippen molar-refractivity contribution in [1.82, 2.24) is 5.09 Å². The molecule has 0 bridgehead atoms. The highest BCUT2D eigenvalue weighted by atomic mass is 35.5. The van der Waals surface area contributed by atoms with E-state index < -0.39 is 7.75 Å². The first-order valence-corrected chi connectivity index (χ1v) is 11.9. The van der Waals surface area contributed by atoms with Crippen LogP contribution in [-0.4, -0.2) is 19.8 Å². The van der Waals surface area contributed by atoms with Gasteiger partial charge in [0.25, 0.3) is 0 Å². The summed E-state index contributed by atoms with van der Waals surface area (Å²) in [4.78, 5) is 0. The summed E-state index contributed by atoms with van der Waals surface area (Å²) < 4.78 is 23.5. The lowest BCUT2D eigenvalue weighted by atomic mass is 9.74. The summed E-state index contributed by atoms with van der Waals surface area (Å²) in [6.07, 6.45) is 1.95. The van der Waals surface area contributed by atoms with Crippen molar-refractivity contribution in [3.8, 4) is 0 Å². The molecule has 0 saturated heterocycles. The van der Waals surface area contributed by atoms with Gasteiger partial charge in [0.1, 0.15) is 0 Å². The van der Waals surface area contributed by atoms with Gasteiger partial charge < -0.3 is 0 Å². The molecule has 152 valence electrons. The van der Waals surface area contributed by atoms with E-state index >= 15 is 0 Å². The van der Waals surface area contributed by atoms with E-state index in [9.17, 15) is 4.57 Å². The molecule has 0 aromatic heterocycles. The average Bonchev–Trinajstić information content (AvgIpc) is 2.69. The van der Waals surface area contributed by atoms with Gasteiger partial charge in [0.05, 0.1) is 23.3 Å². The normalized spacial score (nSPS) is 19.4. The van der Waals surface area contributed by atoms with E-state index in [2.05, 4.69) is 23.3 Å². The molecular weight excluding hydrogens is 416 g/mol. The smallest absolute Gasteiger partial charge is 0.297 e. The molecule has 3 rings (SSSR count). The van der Waals surface area contributed by atoms with Crippen LogP contribution in [0.1, 0.15) is 55.2 Å². The monoisotopic (exact) mass is 441 g/mol. The highest BCUT2D eigenvalue weighted by Gasteiger charge is 2.31. The number of benzene rings is 2. The summed E-state index contributed by atoms with van der Waals surface area (Å²) in [6.45, 7) is 4.84. The molecular formula is C21H26Cl2NO3P. The van der Waals surface area contributed by atoms with Crippen LogP contribution >= 0.6 is 30.9 Å². The van der Waals surface area contributed by atoms with Gasteiger partial charge in [0.15, 0.2) is 0 Å². The van der Waals surface area contributed by atoms with E-state index in [-0.39, 0.29) is 11.8 Å². The fraction of sp³-hybridized carbons (Fsp3) is 0.429. The summed E-state index contributed by atoms with van der Waals surface area (Å²) in [6, 6.07) is 14.3. The zero-order valence-corrected chi connectivity index (χ0v) is 18.6. The third kappa shape index (κ3) is 4.99. The Morgan fingerprint density at radius 2 is 1.68 bits per heavy atom. The Bertz CT molecular complexity index is 851. The molecule has 2 atom stereocenters. The molecule has 4 nitrogen and oxygen atoms in total.